The molecule has 19 heavy (non-hydrogen) atoms. The smallest absolute Gasteiger partial charge is 0.251 e. The van der Waals surface area contributed by atoms with Crippen LogP contribution in [0, 0.1) is 5.92 Å². The molecule has 1 aliphatic heterocycles. The number of amides is 1. The molecule has 0 aromatic carbocycles. The summed E-state index contributed by atoms with van der Waals surface area (Å²) in [6.07, 6.45) is 0.595. The highest BCUT2D eigenvalue weighted by Crippen LogP contribution is 2.23. The number of ether oxygens (including phenoxy) is 2. The van der Waals surface area contributed by atoms with Gasteiger partial charge in [0.2, 0.25) is 0 Å². The number of nitrogens with two attached hydrogens (primary N) is 1. The molecule has 1 aliphatic rings. The molecule has 114 valence electrons. The van der Waals surface area contributed by atoms with Crippen LogP contribution in [0.25, 0.3) is 0 Å². The van der Waals surface area contributed by atoms with Crippen molar-refractivity contribution in [3.8, 4) is 0 Å². The number of nitrogens with zero attached hydrogens (tertiary/aromatic N) is 1. The zero-order chi connectivity index (χ0) is 13.5. The van der Waals surface area contributed by atoms with Crippen molar-refractivity contribution >= 4 is 18.3 Å². The molecule has 1 amide bonds. The standard InChI is InChI=1S/C13H26N2O3.ClH/c1-4-17-5-6-18-11(3)13(16)15-9-12(8-14)7-10(15)2;/h10-12H,4-9,14H2,1-3H3;1H. The minimum atomic E-state index is -0.399. The third-order valence-corrected chi connectivity index (χ3v) is 3.43. The van der Waals surface area contributed by atoms with Gasteiger partial charge in [-0.05, 0) is 39.7 Å². The molecule has 0 spiro atoms. The van der Waals surface area contributed by atoms with Gasteiger partial charge in [-0.15, -0.1) is 12.4 Å². The molecule has 5 nitrogen and oxygen atoms in total. The summed E-state index contributed by atoms with van der Waals surface area (Å²) >= 11 is 0. The van der Waals surface area contributed by atoms with Crippen LogP contribution in [0.2, 0.25) is 0 Å². The molecule has 0 aromatic rings. The van der Waals surface area contributed by atoms with E-state index in [1.54, 1.807) is 6.92 Å². The van der Waals surface area contributed by atoms with E-state index in [2.05, 4.69) is 6.92 Å². The zero-order valence-corrected chi connectivity index (χ0v) is 12.9. The molecular formula is C13H27ClN2O3. The molecule has 6 heteroatoms. The van der Waals surface area contributed by atoms with E-state index in [9.17, 15) is 4.79 Å². The first-order chi connectivity index (χ1) is 8.60. The van der Waals surface area contributed by atoms with Gasteiger partial charge < -0.3 is 20.1 Å². The fraction of sp³-hybridized carbons (Fsp3) is 0.923. The Morgan fingerprint density at radius 1 is 1.47 bits per heavy atom. The first kappa shape index (κ1) is 18.6. The lowest BCUT2D eigenvalue weighted by molar-refractivity contribution is -0.144. The van der Waals surface area contributed by atoms with Crippen LogP contribution in [0.5, 0.6) is 0 Å². The maximum atomic E-state index is 12.2. The van der Waals surface area contributed by atoms with Crippen molar-refractivity contribution in [1.82, 2.24) is 4.90 Å². The van der Waals surface area contributed by atoms with Crippen LogP contribution in [0.4, 0.5) is 0 Å². The van der Waals surface area contributed by atoms with Crippen LogP contribution in [-0.2, 0) is 14.3 Å². The SMILES string of the molecule is CCOCCOC(C)C(=O)N1CC(CN)CC1C.Cl. The third kappa shape index (κ3) is 5.65. The van der Waals surface area contributed by atoms with E-state index in [0.29, 0.717) is 32.3 Å². The average molecular weight is 295 g/mol. The summed E-state index contributed by atoms with van der Waals surface area (Å²) < 4.78 is 10.7. The molecule has 3 unspecified atom stereocenters. The normalized spacial score (nSPS) is 24.1. The summed E-state index contributed by atoms with van der Waals surface area (Å²) in [6.45, 7) is 8.89. The topological polar surface area (TPSA) is 64.8 Å². The van der Waals surface area contributed by atoms with Crippen LogP contribution in [0.3, 0.4) is 0 Å². The number of halogens is 1. The molecule has 1 fully saturated rings. The van der Waals surface area contributed by atoms with Gasteiger partial charge in [-0.25, -0.2) is 0 Å². The van der Waals surface area contributed by atoms with Crippen molar-refractivity contribution in [2.24, 2.45) is 11.7 Å². The largest absolute Gasteiger partial charge is 0.379 e. The zero-order valence-electron chi connectivity index (χ0n) is 12.1. The number of hydrogen-bond donors (Lipinski definition) is 1. The van der Waals surface area contributed by atoms with E-state index in [-0.39, 0.29) is 24.4 Å². The van der Waals surface area contributed by atoms with Crippen molar-refractivity contribution in [3.63, 3.8) is 0 Å². The quantitative estimate of drug-likeness (QED) is 0.713. The van der Waals surface area contributed by atoms with Crippen LogP contribution < -0.4 is 5.73 Å². The molecule has 0 aliphatic carbocycles. The first-order valence-corrected chi connectivity index (χ1v) is 6.80. The summed E-state index contributed by atoms with van der Waals surface area (Å²) in [4.78, 5) is 14.1. The van der Waals surface area contributed by atoms with Crippen LogP contribution in [0.1, 0.15) is 27.2 Å². The Labute approximate surface area is 122 Å². The van der Waals surface area contributed by atoms with Gasteiger partial charge in [-0.2, -0.15) is 0 Å². The minimum absolute atomic E-state index is 0. The summed E-state index contributed by atoms with van der Waals surface area (Å²) in [6, 6.07) is 0.268. The Bertz CT molecular complexity index is 266. The Balaban J connectivity index is 0.00000324. The van der Waals surface area contributed by atoms with Gasteiger partial charge in [0.15, 0.2) is 0 Å². The van der Waals surface area contributed by atoms with Crippen molar-refractivity contribution < 1.29 is 14.3 Å². The summed E-state index contributed by atoms with van der Waals surface area (Å²) in [7, 11) is 0. The third-order valence-electron chi connectivity index (χ3n) is 3.43. The van der Waals surface area contributed by atoms with E-state index >= 15 is 0 Å². The monoisotopic (exact) mass is 294 g/mol. The molecule has 0 radical (unpaired) electrons. The van der Waals surface area contributed by atoms with Crippen LogP contribution >= 0.6 is 12.4 Å². The van der Waals surface area contributed by atoms with Crippen molar-refractivity contribution in [2.45, 2.75) is 39.3 Å². The molecule has 0 bridgehead atoms. The predicted octanol–water partition coefficient (Wildman–Crippen LogP) is 1.05. The summed E-state index contributed by atoms with van der Waals surface area (Å²) in [5.74, 6) is 0.495. The number of carbonyl (C=O) groups is 1. The van der Waals surface area contributed by atoms with Gasteiger partial charge in [0.1, 0.15) is 6.10 Å². The Morgan fingerprint density at radius 3 is 2.68 bits per heavy atom. The second kappa shape index (κ2) is 9.53. The molecule has 3 atom stereocenters. The number of likely N-dealkylation sites (tertiary alicyclic amines) is 1. The van der Waals surface area contributed by atoms with Gasteiger partial charge in [0.05, 0.1) is 13.2 Å². The molecular weight excluding hydrogens is 268 g/mol. The fourth-order valence-corrected chi connectivity index (χ4v) is 2.35. The van der Waals surface area contributed by atoms with E-state index in [0.717, 1.165) is 13.0 Å². The number of hydrogen-bond acceptors (Lipinski definition) is 4. The highest BCUT2D eigenvalue weighted by molar-refractivity contribution is 5.85. The number of carbonyl (C=O) groups excluding carboxylic acids is 1. The summed E-state index contributed by atoms with van der Waals surface area (Å²) in [5, 5.41) is 0. The van der Waals surface area contributed by atoms with Crippen LogP contribution in [-0.4, -0.2) is 55.9 Å². The Hall–Kier alpha value is -0.360. The highest BCUT2D eigenvalue weighted by atomic mass is 35.5. The molecule has 1 saturated heterocycles. The maximum Gasteiger partial charge on any atom is 0.251 e. The van der Waals surface area contributed by atoms with E-state index < -0.39 is 6.10 Å². The second-order valence-corrected chi connectivity index (χ2v) is 4.89. The fourth-order valence-electron chi connectivity index (χ4n) is 2.35. The molecule has 1 heterocycles. The maximum absolute atomic E-state index is 12.2. The highest BCUT2D eigenvalue weighted by Gasteiger charge is 2.33. The summed E-state index contributed by atoms with van der Waals surface area (Å²) in [5.41, 5.74) is 5.66. The molecule has 0 saturated carbocycles. The molecule has 2 N–H and O–H groups in total. The average Bonchev–Trinajstić information content (AvgIpc) is 2.74. The van der Waals surface area contributed by atoms with Gasteiger partial charge in [-0.3, -0.25) is 4.79 Å². The second-order valence-electron chi connectivity index (χ2n) is 4.89. The van der Waals surface area contributed by atoms with E-state index in [1.165, 1.54) is 0 Å². The van der Waals surface area contributed by atoms with Crippen molar-refractivity contribution in [3.05, 3.63) is 0 Å². The molecule has 0 aromatic heterocycles. The Kier molecular flexibility index (Phi) is 9.35. The number of rotatable bonds is 7. The molecule has 1 rings (SSSR count). The Morgan fingerprint density at radius 2 is 2.16 bits per heavy atom. The van der Waals surface area contributed by atoms with E-state index in [4.69, 9.17) is 15.2 Å². The van der Waals surface area contributed by atoms with Gasteiger partial charge in [-0.1, -0.05) is 0 Å². The lowest BCUT2D eigenvalue weighted by Gasteiger charge is -2.25. The van der Waals surface area contributed by atoms with Gasteiger partial charge in [0.25, 0.3) is 5.91 Å². The van der Waals surface area contributed by atoms with E-state index in [1.807, 2.05) is 11.8 Å². The van der Waals surface area contributed by atoms with Gasteiger partial charge in [0, 0.05) is 19.2 Å². The first-order valence-electron chi connectivity index (χ1n) is 6.80. The predicted molar refractivity (Wildman–Crippen MR) is 77.5 cm³/mol. The minimum Gasteiger partial charge on any atom is -0.379 e. The van der Waals surface area contributed by atoms with Gasteiger partial charge >= 0.3 is 0 Å². The lowest BCUT2D eigenvalue weighted by Crippen LogP contribution is -2.41. The van der Waals surface area contributed by atoms with Crippen molar-refractivity contribution in [2.75, 3.05) is 32.9 Å². The van der Waals surface area contributed by atoms with Crippen molar-refractivity contribution in [1.29, 1.82) is 0 Å². The van der Waals surface area contributed by atoms with Crippen LogP contribution in [0.15, 0.2) is 0 Å². The lowest BCUT2D eigenvalue weighted by atomic mass is 10.1.